The van der Waals surface area contributed by atoms with E-state index in [9.17, 15) is 14.0 Å². The molecule has 1 aliphatic rings. The van der Waals surface area contributed by atoms with E-state index in [-0.39, 0.29) is 11.6 Å². The van der Waals surface area contributed by atoms with E-state index < -0.39 is 17.1 Å². The molecule has 0 heterocycles. The number of anilines is 1. The van der Waals surface area contributed by atoms with Crippen LogP contribution in [0, 0.1) is 11.2 Å². The zero-order valence-electron chi connectivity index (χ0n) is 15.9. The summed E-state index contributed by atoms with van der Waals surface area (Å²) in [5, 5.41) is 5.34. The van der Waals surface area contributed by atoms with Crippen molar-refractivity contribution >= 4 is 17.5 Å². The van der Waals surface area contributed by atoms with Gasteiger partial charge in [-0.25, -0.2) is 4.39 Å². The Hall–Kier alpha value is -3.09. The number of carbonyl (C=O) groups excluding carboxylic acids is 2. The fraction of sp³-hybridized carbons (Fsp3) is 0.333. The lowest BCUT2D eigenvalue weighted by Gasteiger charge is -2.16. The van der Waals surface area contributed by atoms with Crippen LogP contribution in [-0.4, -0.2) is 32.6 Å². The van der Waals surface area contributed by atoms with Gasteiger partial charge in [-0.3, -0.25) is 9.59 Å². The molecule has 0 aliphatic heterocycles. The highest BCUT2D eigenvalue weighted by atomic mass is 19.1. The Labute approximate surface area is 163 Å². The molecule has 2 aromatic carbocycles. The lowest BCUT2D eigenvalue weighted by Crippen LogP contribution is -2.40. The zero-order valence-corrected chi connectivity index (χ0v) is 15.9. The van der Waals surface area contributed by atoms with Gasteiger partial charge in [-0.1, -0.05) is 18.2 Å². The maximum Gasteiger partial charge on any atom is 0.240 e. The van der Waals surface area contributed by atoms with Crippen LogP contribution in [0.1, 0.15) is 18.4 Å². The van der Waals surface area contributed by atoms with Gasteiger partial charge >= 0.3 is 0 Å². The van der Waals surface area contributed by atoms with Crippen LogP contribution < -0.4 is 20.1 Å². The minimum absolute atomic E-state index is 0.0805. The average Bonchev–Trinajstić information content (AvgIpc) is 3.51. The molecule has 0 spiro atoms. The van der Waals surface area contributed by atoms with Crippen molar-refractivity contribution in [3.05, 3.63) is 53.8 Å². The van der Waals surface area contributed by atoms with Crippen LogP contribution in [-0.2, 0) is 16.0 Å². The maximum atomic E-state index is 13.7. The van der Waals surface area contributed by atoms with E-state index in [4.69, 9.17) is 9.47 Å². The summed E-state index contributed by atoms with van der Waals surface area (Å²) in [7, 11) is 3.13. The van der Waals surface area contributed by atoms with Gasteiger partial charge in [-0.15, -0.1) is 0 Å². The second-order valence-electron chi connectivity index (χ2n) is 6.71. The number of para-hydroxylation sites is 1. The first-order chi connectivity index (χ1) is 13.5. The van der Waals surface area contributed by atoms with E-state index in [0.29, 0.717) is 37.3 Å². The van der Waals surface area contributed by atoms with E-state index in [2.05, 4.69) is 10.6 Å². The Morgan fingerprint density at radius 1 is 1.04 bits per heavy atom. The summed E-state index contributed by atoms with van der Waals surface area (Å²) in [6.45, 7) is 0.378. The number of carbonyl (C=O) groups is 2. The van der Waals surface area contributed by atoms with E-state index >= 15 is 0 Å². The summed E-state index contributed by atoms with van der Waals surface area (Å²) < 4.78 is 24.2. The summed E-state index contributed by atoms with van der Waals surface area (Å²) in [4.78, 5) is 25.1. The molecule has 1 aliphatic carbocycles. The summed E-state index contributed by atoms with van der Waals surface area (Å²) in [5.74, 6) is -0.0742. The quantitative estimate of drug-likeness (QED) is 0.684. The minimum Gasteiger partial charge on any atom is -0.493 e. The Kier molecular flexibility index (Phi) is 5.82. The molecule has 3 rings (SSSR count). The van der Waals surface area contributed by atoms with Gasteiger partial charge in [-0.05, 0) is 49.1 Å². The number of amides is 2. The third-order valence-electron chi connectivity index (χ3n) is 4.89. The van der Waals surface area contributed by atoms with Crippen molar-refractivity contribution in [2.24, 2.45) is 5.41 Å². The average molecular weight is 386 g/mol. The highest BCUT2D eigenvalue weighted by Crippen LogP contribution is 2.47. The van der Waals surface area contributed by atoms with Crippen molar-refractivity contribution in [2.75, 3.05) is 26.1 Å². The largest absolute Gasteiger partial charge is 0.493 e. The highest BCUT2D eigenvalue weighted by Gasteiger charge is 2.56. The summed E-state index contributed by atoms with van der Waals surface area (Å²) in [6.07, 6.45) is 1.49. The fourth-order valence-electron chi connectivity index (χ4n) is 3.01. The molecule has 6 nitrogen and oxygen atoms in total. The maximum absolute atomic E-state index is 13.7. The van der Waals surface area contributed by atoms with Crippen molar-refractivity contribution in [1.82, 2.24) is 5.32 Å². The molecule has 2 aromatic rings. The molecule has 148 valence electrons. The van der Waals surface area contributed by atoms with Gasteiger partial charge in [-0.2, -0.15) is 0 Å². The number of rotatable bonds is 8. The minimum atomic E-state index is -1.11. The van der Waals surface area contributed by atoms with Gasteiger partial charge in [0.15, 0.2) is 11.5 Å². The van der Waals surface area contributed by atoms with E-state index in [1.807, 2.05) is 12.1 Å². The molecule has 0 saturated heterocycles. The van der Waals surface area contributed by atoms with Gasteiger partial charge in [0.05, 0.1) is 19.9 Å². The molecular weight excluding hydrogens is 363 g/mol. The van der Waals surface area contributed by atoms with Gasteiger partial charge in [0.2, 0.25) is 11.8 Å². The van der Waals surface area contributed by atoms with Gasteiger partial charge in [0.1, 0.15) is 11.2 Å². The van der Waals surface area contributed by atoms with E-state index in [0.717, 1.165) is 5.56 Å². The number of methoxy groups -OCH3 is 2. The van der Waals surface area contributed by atoms with Crippen LogP contribution in [0.4, 0.5) is 10.1 Å². The first-order valence-electron chi connectivity index (χ1n) is 9.05. The third-order valence-corrected chi connectivity index (χ3v) is 4.89. The molecule has 2 N–H and O–H groups in total. The van der Waals surface area contributed by atoms with Crippen LogP contribution in [0.2, 0.25) is 0 Å². The summed E-state index contributed by atoms with van der Waals surface area (Å²) in [6, 6.07) is 11.4. The van der Waals surface area contributed by atoms with Crippen LogP contribution in [0.3, 0.4) is 0 Å². The van der Waals surface area contributed by atoms with Crippen LogP contribution in [0.25, 0.3) is 0 Å². The molecule has 1 fully saturated rings. The number of nitrogens with one attached hydrogen (secondary N) is 2. The van der Waals surface area contributed by atoms with Crippen molar-refractivity contribution in [2.45, 2.75) is 19.3 Å². The SMILES string of the molecule is COc1ccc(CCNC(=O)C2(C(=O)Nc3ccccc3F)CC2)cc1OC. The number of halogens is 1. The molecule has 28 heavy (non-hydrogen) atoms. The molecule has 7 heteroatoms. The monoisotopic (exact) mass is 386 g/mol. The number of hydrogen-bond donors (Lipinski definition) is 2. The topological polar surface area (TPSA) is 76.7 Å². The molecule has 0 unspecified atom stereocenters. The Morgan fingerprint density at radius 2 is 1.75 bits per heavy atom. The van der Waals surface area contributed by atoms with E-state index in [1.165, 1.54) is 12.1 Å². The van der Waals surface area contributed by atoms with Crippen LogP contribution >= 0.6 is 0 Å². The van der Waals surface area contributed by atoms with Gasteiger partial charge in [0, 0.05) is 6.54 Å². The molecule has 1 saturated carbocycles. The number of ether oxygens (including phenoxy) is 2. The predicted octanol–water partition coefficient (Wildman–Crippen LogP) is 2.92. The highest BCUT2D eigenvalue weighted by molar-refractivity contribution is 6.13. The lowest BCUT2D eigenvalue weighted by atomic mass is 10.0. The first kappa shape index (κ1) is 19.7. The lowest BCUT2D eigenvalue weighted by molar-refractivity contribution is -0.134. The molecule has 0 bridgehead atoms. The molecule has 0 aromatic heterocycles. The molecular formula is C21H23FN2O4. The molecule has 0 radical (unpaired) electrons. The number of benzene rings is 2. The van der Waals surface area contributed by atoms with E-state index in [1.54, 1.807) is 32.4 Å². The summed E-state index contributed by atoms with van der Waals surface area (Å²) in [5.41, 5.74) is -0.0598. The Bertz CT molecular complexity index is 880. The normalized spacial score (nSPS) is 14.1. The second-order valence-corrected chi connectivity index (χ2v) is 6.71. The summed E-state index contributed by atoms with van der Waals surface area (Å²) >= 11 is 0. The Morgan fingerprint density at radius 3 is 2.39 bits per heavy atom. The second kappa shape index (κ2) is 8.29. The van der Waals surface area contributed by atoms with Crippen molar-refractivity contribution in [3.63, 3.8) is 0 Å². The van der Waals surface area contributed by atoms with Crippen molar-refractivity contribution < 1.29 is 23.5 Å². The standard InChI is InChI=1S/C21H23FN2O4/c1-27-17-8-7-14(13-18(17)28-2)9-12-23-19(25)21(10-11-21)20(26)24-16-6-4-3-5-15(16)22/h3-8,13H,9-12H2,1-2H3,(H,23,25)(H,24,26). The zero-order chi connectivity index (χ0) is 20.1. The van der Waals surface area contributed by atoms with Crippen molar-refractivity contribution in [1.29, 1.82) is 0 Å². The van der Waals surface area contributed by atoms with Crippen molar-refractivity contribution in [3.8, 4) is 11.5 Å². The van der Waals surface area contributed by atoms with Crippen LogP contribution in [0.15, 0.2) is 42.5 Å². The first-order valence-corrected chi connectivity index (χ1v) is 9.05. The van der Waals surface area contributed by atoms with Gasteiger partial charge in [0.25, 0.3) is 0 Å². The predicted molar refractivity (Wildman–Crippen MR) is 103 cm³/mol. The third kappa shape index (κ3) is 4.08. The smallest absolute Gasteiger partial charge is 0.240 e. The Balaban J connectivity index is 1.56. The molecule has 2 amide bonds. The number of hydrogen-bond acceptors (Lipinski definition) is 4. The van der Waals surface area contributed by atoms with Crippen LogP contribution in [0.5, 0.6) is 11.5 Å². The molecule has 0 atom stereocenters. The van der Waals surface area contributed by atoms with Gasteiger partial charge < -0.3 is 20.1 Å². The fourth-order valence-corrected chi connectivity index (χ4v) is 3.01.